The molecule has 3 aromatic heterocycles. The summed E-state index contributed by atoms with van der Waals surface area (Å²) in [6, 6.07) is 11.2. The second-order valence-electron chi connectivity index (χ2n) is 11.4. The molecule has 0 spiro atoms. The van der Waals surface area contributed by atoms with Crippen molar-refractivity contribution >= 4 is 16.7 Å². The third-order valence-corrected chi connectivity index (χ3v) is 8.57. The van der Waals surface area contributed by atoms with E-state index in [1.165, 1.54) is 37.8 Å². The summed E-state index contributed by atoms with van der Waals surface area (Å²) >= 11 is 0. The molecule has 0 atom stereocenters. The average Bonchev–Trinajstić information content (AvgIpc) is 3.86. The number of fused-ring (bicyclic) bond motifs is 1. The van der Waals surface area contributed by atoms with Crippen LogP contribution in [0, 0.1) is 10.1 Å². The zero-order valence-electron chi connectivity index (χ0n) is 24.0. The Morgan fingerprint density at radius 1 is 0.884 bits per heavy atom. The molecule has 7 rings (SSSR count). The maximum absolute atomic E-state index is 11.5. The van der Waals surface area contributed by atoms with Crippen molar-refractivity contribution < 1.29 is 14.4 Å². The minimum Gasteiger partial charge on any atom is -0.493 e. The molecule has 0 radical (unpaired) electrons. The summed E-state index contributed by atoms with van der Waals surface area (Å²) in [5.74, 6) is 1.74. The Balaban J connectivity index is 1.18. The number of aromatic nitrogens is 8. The molecule has 0 unspecified atom stereocenters. The third-order valence-electron chi connectivity index (χ3n) is 8.57. The first-order chi connectivity index (χ1) is 21.1. The molecule has 0 aliphatic heterocycles. The number of imidazole rings is 1. The van der Waals surface area contributed by atoms with Crippen LogP contribution in [0.3, 0.4) is 0 Å². The lowest BCUT2D eigenvalue weighted by molar-refractivity contribution is -0.384. The van der Waals surface area contributed by atoms with Crippen molar-refractivity contribution in [3.63, 3.8) is 0 Å². The number of hydrogen-bond donors (Lipinski definition) is 0. The number of ether oxygens (including phenoxy) is 2. The van der Waals surface area contributed by atoms with Crippen molar-refractivity contribution in [2.24, 2.45) is 0 Å². The van der Waals surface area contributed by atoms with Crippen LogP contribution >= 0.6 is 0 Å². The molecule has 3 heterocycles. The van der Waals surface area contributed by atoms with E-state index in [2.05, 4.69) is 20.6 Å². The monoisotopic (exact) mass is 583 g/mol. The molecule has 13 heteroatoms. The van der Waals surface area contributed by atoms with Gasteiger partial charge in [0.25, 0.3) is 5.69 Å². The van der Waals surface area contributed by atoms with Crippen LogP contribution in [-0.2, 0) is 13.2 Å². The van der Waals surface area contributed by atoms with Gasteiger partial charge in [0.2, 0.25) is 0 Å². The summed E-state index contributed by atoms with van der Waals surface area (Å²) < 4.78 is 17.7. The van der Waals surface area contributed by atoms with Crippen molar-refractivity contribution in [2.75, 3.05) is 7.11 Å². The van der Waals surface area contributed by atoms with Gasteiger partial charge in [0, 0.05) is 17.7 Å². The van der Waals surface area contributed by atoms with Gasteiger partial charge in [-0.2, -0.15) is 0 Å². The van der Waals surface area contributed by atoms with Gasteiger partial charge in [0.05, 0.1) is 54.1 Å². The minimum atomic E-state index is -0.410. The second kappa shape index (κ2) is 11.5. The molecule has 2 fully saturated rings. The Bertz CT molecular complexity index is 1760. The van der Waals surface area contributed by atoms with Crippen molar-refractivity contribution in [1.82, 2.24) is 39.5 Å². The normalized spacial score (nSPS) is 15.9. The molecular formula is C30H33N9O4. The highest BCUT2D eigenvalue weighted by atomic mass is 16.6. The van der Waals surface area contributed by atoms with E-state index >= 15 is 0 Å². The van der Waals surface area contributed by atoms with Crippen molar-refractivity contribution in [2.45, 2.75) is 76.6 Å². The lowest BCUT2D eigenvalue weighted by Gasteiger charge is -2.13. The number of benzene rings is 2. The van der Waals surface area contributed by atoms with Gasteiger partial charge in [-0.15, -0.1) is 10.2 Å². The lowest BCUT2D eigenvalue weighted by atomic mass is 10.2. The van der Waals surface area contributed by atoms with E-state index in [4.69, 9.17) is 14.5 Å². The highest BCUT2D eigenvalue weighted by Gasteiger charge is 2.22. The molecular weight excluding hydrogens is 550 g/mol. The molecule has 222 valence electrons. The van der Waals surface area contributed by atoms with Crippen LogP contribution in [0.4, 0.5) is 5.69 Å². The standard InChI is InChI=1S/C30H33N9O4/c1-42-29-14-20(10-13-28(29)43-19-22-18-38(35-33-22)24-8-4-5-9-24)30-31-26-15-25(39(40)41)11-12-27(26)36(30)16-21-17-37(34-32-21)23-6-2-3-7-23/h10-15,17-18,23-24H,2-9,16,19H2,1H3. The van der Waals surface area contributed by atoms with Crippen LogP contribution in [-0.4, -0.2) is 51.6 Å². The van der Waals surface area contributed by atoms with E-state index in [-0.39, 0.29) is 12.3 Å². The van der Waals surface area contributed by atoms with Gasteiger partial charge in [-0.05, 0) is 49.9 Å². The zero-order valence-corrected chi connectivity index (χ0v) is 24.0. The molecule has 13 nitrogen and oxygen atoms in total. The Morgan fingerprint density at radius 2 is 1.56 bits per heavy atom. The van der Waals surface area contributed by atoms with Crippen LogP contribution in [0.15, 0.2) is 48.8 Å². The first-order valence-corrected chi connectivity index (χ1v) is 14.8. The topological polar surface area (TPSA) is 141 Å². The lowest BCUT2D eigenvalue weighted by Crippen LogP contribution is -2.05. The van der Waals surface area contributed by atoms with E-state index in [1.54, 1.807) is 13.2 Å². The average molecular weight is 584 g/mol. The van der Waals surface area contributed by atoms with Crippen LogP contribution in [0.5, 0.6) is 11.5 Å². The number of nitrogens with zero attached hydrogens (tertiary/aromatic N) is 9. The summed E-state index contributed by atoms with van der Waals surface area (Å²) in [5, 5.41) is 28.9. The summed E-state index contributed by atoms with van der Waals surface area (Å²) in [6.07, 6.45) is 13.3. The number of hydrogen-bond acceptors (Lipinski definition) is 9. The van der Waals surface area contributed by atoms with Crippen LogP contribution < -0.4 is 9.47 Å². The molecule has 2 aliphatic carbocycles. The van der Waals surface area contributed by atoms with Crippen molar-refractivity contribution in [3.8, 4) is 22.9 Å². The van der Waals surface area contributed by atoms with E-state index < -0.39 is 4.92 Å². The summed E-state index contributed by atoms with van der Waals surface area (Å²) in [7, 11) is 1.59. The van der Waals surface area contributed by atoms with Gasteiger partial charge in [-0.25, -0.2) is 14.3 Å². The molecule has 0 bridgehead atoms. The highest BCUT2D eigenvalue weighted by molar-refractivity contribution is 5.83. The van der Waals surface area contributed by atoms with Crippen molar-refractivity contribution in [3.05, 3.63) is 70.3 Å². The molecule has 0 N–H and O–H groups in total. The first-order valence-electron chi connectivity index (χ1n) is 14.8. The molecule has 0 amide bonds. The zero-order chi connectivity index (χ0) is 29.3. The van der Waals surface area contributed by atoms with Gasteiger partial charge < -0.3 is 14.0 Å². The molecule has 2 saturated carbocycles. The SMILES string of the molecule is COc1cc(-c2nc3cc([N+](=O)[O-])ccc3n2Cc2cn(C3CCCC3)nn2)ccc1OCc1cn(C2CCCC2)nn1. The number of rotatable bonds is 10. The Hall–Kier alpha value is -4.81. The van der Waals surface area contributed by atoms with E-state index in [0.717, 1.165) is 48.2 Å². The predicted octanol–water partition coefficient (Wildman–Crippen LogP) is 5.66. The Morgan fingerprint density at radius 3 is 2.23 bits per heavy atom. The van der Waals surface area contributed by atoms with Crippen LogP contribution in [0.1, 0.15) is 74.8 Å². The first kappa shape index (κ1) is 27.0. The fourth-order valence-electron chi connectivity index (χ4n) is 6.31. The third kappa shape index (κ3) is 5.42. The maximum Gasteiger partial charge on any atom is 0.271 e. The van der Waals surface area contributed by atoms with E-state index in [9.17, 15) is 10.1 Å². The van der Waals surface area contributed by atoms with Crippen LogP contribution in [0.2, 0.25) is 0 Å². The van der Waals surface area contributed by atoms with Crippen LogP contribution in [0.25, 0.3) is 22.4 Å². The van der Waals surface area contributed by atoms with Crippen molar-refractivity contribution in [1.29, 1.82) is 0 Å². The highest BCUT2D eigenvalue weighted by Crippen LogP contribution is 2.36. The van der Waals surface area contributed by atoms with E-state index in [0.29, 0.717) is 41.5 Å². The predicted molar refractivity (Wildman–Crippen MR) is 157 cm³/mol. The summed E-state index contributed by atoms with van der Waals surface area (Å²) in [6.45, 7) is 0.675. The molecule has 2 aliphatic rings. The van der Waals surface area contributed by atoms with Gasteiger partial charge >= 0.3 is 0 Å². The Labute approximate surface area is 247 Å². The molecule has 2 aromatic carbocycles. The largest absolute Gasteiger partial charge is 0.493 e. The van der Waals surface area contributed by atoms with Gasteiger partial charge in [-0.3, -0.25) is 10.1 Å². The number of methoxy groups -OCH3 is 1. The van der Waals surface area contributed by atoms with Gasteiger partial charge in [0.15, 0.2) is 11.5 Å². The van der Waals surface area contributed by atoms with E-state index in [1.807, 2.05) is 44.5 Å². The fraction of sp³-hybridized carbons (Fsp3) is 0.433. The second-order valence-corrected chi connectivity index (χ2v) is 11.4. The minimum absolute atomic E-state index is 0.0120. The van der Waals surface area contributed by atoms with Gasteiger partial charge in [-0.1, -0.05) is 36.1 Å². The smallest absolute Gasteiger partial charge is 0.271 e. The van der Waals surface area contributed by atoms with Gasteiger partial charge in [0.1, 0.15) is 23.8 Å². The maximum atomic E-state index is 11.5. The summed E-state index contributed by atoms with van der Waals surface area (Å²) in [5.41, 5.74) is 3.61. The number of nitro groups is 1. The fourth-order valence-corrected chi connectivity index (χ4v) is 6.31. The molecule has 5 aromatic rings. The number of nitro benzene ring substituents is 1. The molecule has 0 saturated heterocycles. The quantitative estimate of drug-likeness (QED) is 0.150. The Kier molecular flexibility index (Phi) is 7.21. The number of non-ortho nitro benzene ring substituents is 1. The summed E-state index contributed by atoms with van der Waals surface area (Å²) in [4.78, 5) is 15.9. The molecule has 43 heavy (non-hydrogen) atoms.